The molecule has 0 aliphatic heterocycles. The standard InChI is InChI=1S/C17H23N3O3S/c1-11-9-20-15(23)13(8-18-16(20)24-11)14(22)19-17(2,10-21)12-6-4-3-5-7-12/h8-9,12,21H,3-7,10H2,1-2H3,(H,19,22)/t17-/m0/s1. The van der Waals surface area contributed by atoms with E-state index >= 15 is 0 Å². The van der Waals surface area contributed by atoms with Crippen molar-refractivity contribution in [1.82, 2.24) is 14.7 Å². The molecule has 2 N–H and O–H groups in total. The molecule has 1 saturated carbocycles. The molecule has 2 heterocycles. The quantitative estimate of drug-likeness (QED) is 0.886. The average molecular weight is 349 g/mol. The summed E-state index contributed by atoms with van der Waals surface area (Å²) in [6.07, 6.45) is 8.42. The number of hydrogen-bond donors (Lipinski definition) is 2. The highest BCUT2D eigenvalue weighted by molar-refractivity contribution is 7.16. The molecule has 0 aromatic carbocycles. The zero-order chi connectivity index (χ0) is 17.3. The van der Waals surface area contributed by atoms with Crippen LogP contribution in [0.15, 0.2) is 17.2 Å². The number of aryl methyl sites for hydroxylation is 1. The molecule has 1 aliphatic carbocycles. The lowest BCUT2D eigenvalue weighted by atomic mass is 9.76. The molecule has 1 fully saturated rings. The Morgan fingerprint density at radius 1 is 1.46 bits per heavy atom. The normalized spacial score (nSPS) is 18.5. The van der Waals surface area contributed by atoms with Gasteiger partial charge in [-0.1, -0.05) is 19.3 Å². The first-order chi connectivity index (χ1) is 11.4. The number of nitrogens with one attached hydrogen (secondary N) is 1. The molecule has 1 aliphatic rings. The fourth-order valence-corrected chi connectivity index (χ4v) is 4.27. The molecule has 0 saturated heterocycles. The molecule has 0 radical (unpaired) electrons. The van der Waals surface area contributed by atoms with Crippen molar-refractivity contribution in [2.45, 2.75) is 51.5 Å². The maximum Gasteiger partial charge on any atom is 0.271 e. The van der Waals surface area contributed by atoms with Crippen LogP contribution in [-0.4, -0.2) is 32.5 Å². The van der Waals surface area contributed by atoms with Gasteiger partial charge < -0.3 is 10.4 Å². The van der Waals surface area contributed by atoms with E-state index in [2.05, 4.69) is 10.3 Å². The minimum absolute atomic E-state index is 0.0146. The number of thiazole rings is 1. The zero-order valence-electron chi connectivity index (χ0n) is 14.0. The summed E-state index contributed by atoms with van der Waals surface area (Å²) >= 11 is 1.41. The van der Waals surface area contributed by atoms with Gasteiger partial charge in [0.2, 0.25) is 0 Å². The lowest BCUT2D eigenvalue weighted by Crippen LogP contribution is -2.55. The predicted molar refractivity (Wildman–Crippen MR) is 93.6 cm³/mol. The molecule has 130 valence electrons. The Morgan fingerprint density at radius 2 is 2.17 bits per heavy atom. The van der Waals surface area contributed by atoms with Crippen LogP contribution in [0, 0.1) is 12.8 Å². The minimum Gasteiger partial charge on any atom is -0.394 e. The second-order valence-corrected chi connectivity index (χ2v) is 8.05. The summed E-state index contributed by atoms with van der Waals surface area (Å²) in [7, 11) is 0. The van der Waals surface area contributed by atoms with Crippen molar-refractivity contribution in [3.63, 3.8) is 0 Å². The first kappa shape index (κ1) is 17.1. The Bertz CT molecular complexity index is 807. The highest BCUT2D eigenvalue weighted by Crippen LogP contribution is 2.32. The largest absolute Gasteiger partial charge is 0.394 e. The molecule has 1 atom stereocenters. The molecule has 0 bridgehead atoms. The molecule has 24 heavy (non-hydrogen) atoms. The van der Waals surface area contributed by atoms with Crippen LogP contribution < -0.4 is 10.9 Å². The molecule has 2 aromatic rings. The summed E-state index contributed by atoms with van der Waals surface area (Å²) in [6.45, 7) is 3.61. The van der Waals surface area contributed by atoms with Crippen molar-refractivity contribution in [2.24, 2.45) is 5.92 Å². The number of amides is 1. The molecule has 7 heteroatoms. The van der Waals surface area contributed by atoms with Crippen LogP contribution in [0.5, 0.6) is 0 Å². The average Bonchev–Trinajstić information content (AvgIpc) is 2.97. The molecule has 6 nitrogen and oxygen atoms in total. The number of carbonyl (C=O) groups is 1. The van der Waals surface area contributed by atoms with Crippen molar-refractivity contribution in [2.75, 3.05) is 6.61 Å². The van der Waals surface area contributed by atoms with Crippen LogP contribution >= 0.6 is 11.3 Å². The van der Waals surface area contributed by atoms with Crippen LogP contribution in [-0.2, 0) is 0 Å². The highest BCUT2D eigenvalue weighted by atomic mass is 32.1. The Morgan fingerprint density at radius 3 is 2.83 bits per heavy atom. The number of fused-ring (bicyclic) bond motifs is 1. The van der Waals surface area contributed by atoms with E-state index in [0.29, 0.717) is 4.96 Å². The van der Waals surface area contributed by atoms with Crippen molar-refractivity contribution < 1.29 is 9.90 Å². The lowest BCUT2D eigenvalue weighted by molar-refractivity contribution is 0.0678. The van der Waals surface area contributed by atoms with Crippen LogP contribution in [0.4, 0.5) is 0 Å². The zero-order valence-corrected chi connectivity index (χ0v) is 14.9. The Balaban J connectivity index is 1.88. The molecule has 0 spiro atoms. The van der Waals surface area contributed by atoms with Gasteiger partial charge in [0.1, 0.15) is 5.56 Å². The minimum atomic E-state index is -0.714. The predicted octanol–water partition coefficient (Wildman–Crippen LogP) is 2.13. The van der Waals surface area contributed by atoms with Crippen molar-refractivity contribution in [1.29, 1.82) is 0 Å². The van der Waals surface area contributed by atoms with Gasteiger partial charge in [-0.05, 0) is 32.6 Å². The maximum atomic E-state index is 12.7. The SMILES string of the molecule is Cc1cn2c(=O)c(C(=O)N[C@@](C)(CO)C3CCCCC3)cnc2s1. The number of aromatic nitrogens is 2. The Hall–Kier alpha value is -1.73. The van der Waals surface area contributed by atoms with Gasteiger partial charge in [0.25, 0.3) is 11.5 Å². The number of nitrogens with zero attached hydrogens (tertiary/aromatic N) is 2. The first-order valence-electron chi connectivity index (χ1n) is 8.36. The van der Waals surface area contributed by atoms with Gasteiger partial charge in [0.15, 0.2) is 4.96 Å². The number of aliphatic hydroxyl groups is 1. The summed E-state index contributed by atoms with van der Waals surface area (Å²) in [5.41, 5.74) is -1.07. The number of carbonyl (C=O) groups excluding carboxylic acids is 1. The number of rotatable bonds is 4. The molecular formula is C17H23N3O3S. The summed E-state index contributed by atoms with van der Waals surface area (Å²) < 4.78 is 1.41. The van der Waals surface area contributed by atoms with Gasteiger partial charge in [-0.3, -0.25) is 14.0 Å². The molecule has 0 unspecified atom stereocenters. The van der Waals surface area contributed by atoms with Crippen molar-refractivity contribution in [3.8, 4) is 0 Å². The van der Waals surface area contributed by atoms with Gasteiger partial charge in [0.05, 0.1) is 12.1 Å². The number of hydrogen-bond acceptors (Lipinski definition) is 5. The smallest absolute Gasteiger partial charge is 0.271 e. The lowest BCUT2D eigenvalue weighted by Gasteiger charge is -2.39. The topological polar surface area (TPSA) is 83.7 Å². The third-order valence-corrected chi connectivity index (χ3v) is 5.91. The summed E-state index contributed by atoms with van der Waals surface area (Å²) in [5, 5.41) is 12.8. The fourth-order valence-electron chi connectivity index (χ4n) is 3.49. The van der Waals surface area contributed by atoms with Gasteiger partial charge in [0, 0.05) is 17.3 Å². The fraction of sp³-hybridized carbons (Fsp3) is 0.588. The molecule has 3 rings (SSSR count). The van der Waals surface area contributed by atoms with Gasteiger partial charge in [-0.15, -0.1) is 11.3 Å². The second-order valence-electron chi connectivity index (χ2n) is 6.84. The van der Waals surface area contributed by atoms with Crippen LogP contribution in [0.2, 0.25) is 0 Å². The van der Waals surface area contributed by atoms with Gasteiger partial charge in [-0.2, -0.15) is 0 Å². The van der Waals surface area contributed by atoms with Gasteiger partial charge >= 0.3 is 0 Å². The van der Waals surface area contributed by atoms with E-state index in [1.807, 2.05) is 13.8 Å². The van der Waals surface area contributed by atoms with E-state index in [0.717, 1.165) is 30.6 Å². The van der Waals surface area contributed by atoms with Crippen LogP contribution in [0.1, 0.15) is 54.3 Å². The molecule has 1 amide bonds. The van der Waals surface area contributed by atoms with Crippen molar-refractivity contribution >= 4 is 22.2 Å². The maximum absolute atomic E-state index is 12.7. The number of aliphatic hydroxyl groups excluding tert-OH is 1. The first-order valence-corrected chi connectivity index (χ1v) is 9.17. The van der Waals surface area contributed by atoms with Crippen molar-refractivity contribution in [3.05, 3.63) is 33.2 Å². The third-order valence-electron chi connectivity index (χ3n) is 5.00. The molecule has 2 aromatic heterocycles. The molecular weight excluding hydrogens is 326 g/mol. The Kier molecular flexibility index (Phi) is 4.73. The monoisotopic (exact) mass is 349 g/mol. The highest BCUT2D eigenvalue weighted by Gasteiger charge is 2.36. The van der Waals surface area contributed by atoms with E-state index in [4.69, 9.17) is 0 Å². The van der Waals surface area contributed by atoms with E-state index in [1.165, 1.54) is 28.4 Å². The second kappa shape index (κ2) is 6.64. The third kappa shape index (κ3) is 3.10. The Labute approximate surface area is 144 Å². The van der Waals surface area contributed by atoms with Crippen LogP contribution in [0.3, 0.4) is 0 Å². The summed E-state index contributed by atoms with van der Waals surface area (Å²) in [4.78, 5) is 30.9. The van der Waals surface area contributed by atoms with E-state index < -0.39 is 11.4 Å². The van der Waals surface area contributed by atoms with Crippen LogP contribution in [0.25, 0.3) is 4.96 Å². The van der Waals surface area contributed by atoms with E-state index in [1.54, 1.807) is 6.20 Å². The van der Waals surface area contributed by atoms with E-state index in [9.17, 15) is 14.7 Å². The summed E-state index contributed by atoms with van der Waals surface area (Å²) in [5.74, 6) is -0.240. The summed E-state index contributed by atoms with van der Waals surface area (Å²) in [6, 6.07) is 0. The van der Waals surface area contributed by atoms with E-state index in [-0.39, 0.29) is 23.6 Å². The van der Waals surface area contributed by atoms with Gasteiger partial charge in [-0.25, -0.2) is 4.98 Å².